The van der Waals surface area contributed by atoms with Crippen LogP contribution in [0.3, 0.4) is 0 Å². The number of amides is 1. The van der Waals surface area contributed by atoms with Gasteiger partial charge in [0.05, 0.1) is 35.4 Å². The van der Waals surface area contributed by atoms with Gasteiger partial charge in [-0.2, -0.15) is 9.78 Å². The third-order valence-corrected chi connectivity index (χ3v) is 6.30. The second-order valence-corrected chi connectivity index (χ2v) is 8.64. The number of halogens is 2. The second-order valence-electron chi connectivity index (χ2n) is 6.92. The summed E-state index contributed by atoms with van der Waals surface area (Å²) in [6.07, 6.45) is 0. The maximum absolute atomic E-state index is 13.5. The van der Waals surface area contributed by atoms with Crippen molar-refractivity contribution in [2.24, 2.45) is 0 Å². The van der Waals surface area contributed by atoms with Gasteiger partial charge in [0, 0.05) is 15.8 Å². The zero-order valence-electron chi connectivity index (χ0n) is 17.9. The van der Waals surface area contributed by atoms with Crippen LogP contribution in [0.4, 0.5) is 5.00 Å². The van der Waals surface area contributed by atoms with Crippen LogP contribution in [0.15, 0.2) is 52.6 Å². The molecule has 0 atom stereocenters. The van der Waals surface area contributed by atoms with Crippen molar-refractivity contribution in [3.63, 3.8) is 0 Å². The van der Waals surface area contributed by atoms with E-state index in [9.17, 15) is 14.4 Å². The number of hydrogen-bond acceptors (Lipinski definition) is 7. The number of rotatable bonds is 6. The molecule has 0 spiro atoms. The Morgan fingerprint density at radius 3 is 2.56 bits per heavy atom. The molecule has 0 unspecified atom stereocenters. The summed E-state index contributed by atoms with van der Waals surface area (Å²) in [6.45, 7) is 1.80. The van der Waals surface area contributed by atoms with Crippen molar-refractivity contribution in [2.45, 2.75) is 6.92 Å². The highest BCUT2D eigenvalue weighted by Crippen LogP contribution is 2.32. The Morgan fingerprint density at radius 2 is 1.88 bits per heavy atom. The van der Waals surface area contributed by atoms with E-state index in [0.717, 1.165) is 16.0 Å². The zero-order chi connectivity index (χ0) is 24.4. The van der Waals surface area contributed by atoms with Gasteiger partial charge >= 0.3 is 5.97 Å². The number of carbonyl (C=O) groups excluding carboxylic acids is 2. The molecule has 2 aromatic heterocycles. The minimum atomic E-state index is -0.691. The average Bonchev–Trinajstić information content (AvgIpc) is 3.25. The summed E-state index contributed by atoms with van der Waals surface area (Å²) in [6, 6.07) is 11.1. The van der Waals surface area contributed by atoms with Crippen molar-refractivity contribution in [1.82, 2.24) is 9.78 Å². The molecule has 0 aliphatic rings. The summed E-state index contributed by atoms with van der Waals surface area (Å²) < 4.78 is 11.4. The number of benzene rings is 2. The number of nitrogens with zero attached hydrogens (tertiary/aromatic N) is 2. The fraction of sp³-hybridized carbons (Fsp3) is 0.130. The maximum Gasteiger partial charge on any atom is 0.359 e. The highest BCUT2D eigenvalue weighted by Gasteiger charge is 2.24. The molecule has 0 bridgehead atoms. The lowest BCUT2D eigenvalue weighted by molar-refractivity contribution is 0.0520. The zero-order valence-corrected chi connectivity index (χ0v) is 20.3. The topological polar surface area (TPSA) is 99.5 Å². The third-order valence-electron chi connectivity index (χ3n) is 4.84. The summed E-state index contributed by atoms with van der Waals surface area (Å²) >= 11 is 13.2. The number of fused-ring (bicyclic) bond motifs is 1. The van der Waals surface area contributed by atoms with E-state index in [1.807, 2.05) is 0 Å². The molecule has 0 radical (unpaired) electrons. The van der Waals surface area contributed by atoms with Gasteiger partial charge in [0.2, 0.25) is 0 Å². The molecule has 4 rings (SSSR count). The van der Waals surface area contributed by atoms with Crippen LogP contribution in [0.25, 0.3) is 16.5 Å². The highest BCUT2D eigenvalue weighted by atomic mass is 35.5. The van der Waals surface area contributed by atoms with E-state index in [4.69, 9.17) is 32.7 Å². The van der Waals surface area contributed by atoms with Crippen LogP contribution in [0.2, 0.25) is 10.0 Å². The fourth-order valence-electron chi connectivity index (χ4n) is 3.23. The molecular formula is C23H17Cl2N3O5S. The molecule has 174 valence electrons. The standard InChI is InChI=1S/C23H17Cl2N3O5S/c1-3-33-23(31)19-16-11-34-21(26-20(29)15-10-12(24)4-9-17(15)25)18(16)22(30)28(27-19)13-5-7-14(32-2)8-6-13/h4-11H,3H2,1-2H3,(H,26,29). The molecule has 1 amide bonds. The Hall–Kier alpha value is -3.40. The minimum Gasteiger partial charge on any atom is -0.497 e. The van der Waals surface area contributed by atoms with Gasteiger partial charge in [-0.25, -0.2) is 4.79 Å². The van der Waals surface area contributed by atoms with Gasteiger partial charge in [-0.1, -0.05) is 23.2 Å². The summed E-state index contributed by atoms with van der Waals surface area (Å²) in [4.78, 5) is 39.0. The van der Waals surface area contributed by atoms with Gasteiger partial charge in [-0.05, 0) is 49.4 Å². The molecule has 0 aliphatic carbocycles. The maximum atomic E-state index is 13.5. The first kappa shape index (κ1) is 23.7. The number of ether oxygens (including phenoxy) is 2. The fourth-order valence-corrected chi connectivity index (χ4v) is 4.54. The van der Waals surface area contributed by atoms with E-state index in [-0.39, 0.29) is 38.7 Å². The Bertz CT molecular complexity index is 1460. The predicted molar refractivity (Wildman–Crippen MR) is 132 cm³/mol. The van der Waals surface area contributed by atoms with Gasteiger partial charge in [-0.15, -0.1) is 11.3 Å². The van der Waals surface area contributed by atoms with Crippen LogP contribution < -0.4 is 15.6 Å². The molecule has 11 heteroatoms. The van der Waals surface area contributed by atoms with Crippen LogP contribution in [-0.2, 0) is 4.74 Å². The number of nitrogens with one attached hydrogen (secondary N) is 1. The monoisotopic (exact) mass is 517 g/mol. The Balaban J connectivity index is 1.88. The van der Waals surface area contributed by atoms with Crippen molar-refractivity contribution in [3.8, 4) is 11.4 Å². The summed E-state index contributed by atoms with van der Waals surface area (Å²) in [5.41, 5.74) is -0.0303. The normalized spacial score (nSPS) is 10.8. The van der Waals surface area contributed by atoms with Crippen LogP contribution in [0.1, 0.15) is 27.8 Å². The average molecular weight is 518 g/mol. The number of carbonyl (C=O) groups is 2. The van der Waals surface area contributed by atoms with Crippen LogP contribution in [0.5, 0.6) is 5.75 Å². The van der Waals surface area contributed by atoms with Gasteiger partial charge in [0.15, 0.2) is 5.69 Å². The molecule has 0 saturated carbocycles. The summed E-state index contributed by atoms with van der Waals surface area (Å²) in [7, 11) is 1.52. The molecule has 2 heterocycles. The lowest BCUT2D eigenvalue weighted by Crippen LogP contribution is -2.25. The van der Waals surface area contributed by atoms with Crippen molar-refractivity contribution in [1.29, 1.82) is 0 Å². The first-order valence-corrected chi connectivity index (χ1v) is 11.6. The molecule has 0 fully saturated rings. The Labute approximate surface area is 207 Å². The van der Waals surface area contributed by atoms with Crippen LogP contribution in [-0.4, -0.2) is 35.4 Å². The molecule has 8 nitrogen and oxygen atoms in total. The first-order chi connectivity index (χ1) is 16.3. The van der Waals surface area contributed by atoms with E-state index in [1.165, 1.54) is 19.2 Å². The number of methoxy groups -OCH3 is 1. The molecule has 0 aliphatic heterocycles. The lowest BCUT2D eigenvalue weighted by atomic mass is 10.2. The van der Waals surface area contributed by atoms with E-state index < -0.39 is 17.4 Å². The van der Waals surface area contributed by atoms with E-state index in [0.29, 0.717) is 16.5 Å². The number of thiophene rings is 1. The molecule has 34 heavy (non-hydrogen) atoms. The van der Waals surface area contributed by atoms with Crippen molar-refractivity contribution >= 4 is 62.2 Å². The Kier molecular flexibility index (Phi) is 6.87. The van der Waals surface area contributed by atoms with Gasteiger partial charge in [-0.3, -0.25) is 9.59 Å². The number of aromatic nitrogens is 2. The first-order valence-electron chi connectivity index (χ1n) is 9.96. The third kappa shape index (κ3) is 4.50. The van der Waals surface area contributed by atoms with E-state index in [2.05, 4.69) is 10.4 Å². The van der Waals surface area contributed by atoms with Crippen LogP contribution in [0, 0.1) is 0 Å². The van der Waals surface area contributed by atoms with Crippen molar-refractivity contribution < 1.29 is 19.1 Å². The van der Waals surface area contributed by atoms with Gasteiger partial charge in [0.1, 0.15) is 10.8 Å². The lowest BCUT2D eigenvalue weighted by Gasteiger charge is -2.11. The van der Waals surface area contributed by atoms with E-state index in [1.54, 1.807) is 42.6 Å². The van der Waals surface area contributed by atoms with Crippen molar-refractivity contribution in [3.05, 3.63) is 79.5 Å². The number of hydrogen-bond donors (Lipinski definition) is 1. The number of anilines is 1. The quantitative estimate of drug-likeness (QED) is 0.353. The SMILES string of the molecule is CCOC(=O)c1nn(-c2ccc(OC)cc2)c(=O)c2c(NC(=O)c3cc(Cl)ccc3Cl)scc12. The molecule has 4 aromatic rings. The van der Waals surface area contributed by atoms with Gasteiger partial charge < -0.3 is 14.8 Å². The Morgan fingerprint density at radius 1 is 1.15 bits per heavy atom. The molecular weight excluding hydrogens is 501 g/mol. The molecule has 2 aromatic carbocycles. The predicted octanol–water partition coefficient (Wildman–Crippen LogP) is 5.19. The summed E-state index contributed by atoms with van der Waals surface area (Å²) in [5, 5.41) is 9.70. The summed E-state index contributed by atoms with van der Waals surface area (Å²) in [5.74, 6) is -0.658. The smallest absolute Gasteiger partial charge is 0.359 e. The molecule has 1 N–H and O–H groups in total. The van der Waals surface area contributed by atoms with E-state index >= 15 is 0 Å². The van der Waals surface area contributed by atoms with Gasteiger partial charge in [0.25, 0.3) is 11.5 Å². The molecule has 0 saturated heterocycles. The largest absolute Gasteiger partial charge is 0.497 e. The van der Waals surface area contributed by atoms with Crippen molar-refractivity contribution in [2.75, 3.05) is 19.0 Å². The number of esters is 1. The minimum absolute atomic E-state index is 0.0511. The second kappa shape index (κ2) is 9.84. The van der Waals surface area contributed by atoms with Crippen LogP contribution >= 0.6 is 34.5 Å². The highest BCUT2D eigenvalue weighted by molar-refractivity contribution is 7.16.